The van der Waals surface area contributed by atoms with Crippen LogP contribution < -0.4 is 11.1 Å². The predicted molar refractivity (Wildman–Crippen MR) is 81.4 cm³/mol. The number of benzene rings is 1. The first-order chi connectivity index (χ1) is 10.3. The minimum atomic E-state index is -4.23. The Kier molecular flexibility index (Phi) is 5.47. The highest BCUT2D eigenvalue weighted by Crippen LogP contribution is 2.27. The lowest BCUT2D eigenvalue weighted by Gasteiger charge is -2.43. The van der Waals surface area contributed by atoms with Gasteiger partial charge in [0, 0.05) is 31.7 Å². The quantitative estimate of drug-likeness (QED) is 0.877. The molecular weight excluding hydrogens is 291 g/mol. The fourth-order valence-electron chi connectivity index (χ4n) is 2.93. The van der Waals surface area contributed by atoms with Crippen molar-refractivity contribution >= 4 is 0 Å². The van der Waals surface area contributed by atoms with Crippen LogP contribution in [0, 0.1) is 0 Å². The Hall–Kier alpha value is -1.11. The summed E-state index contributed by atoms with van der Waals surface area (Å²) in [6.45, 7) is 3.73. The summed E-state index contributed by atoms with van der Waals surface area (Å²) in [5.41, 5.74) is 6.39. The zero-order valence-corrected chi connectivity index (χ0v) is 12.9. The molecule has 3 nitrogen and oxygen atoms in total. The average molecular weight is 315 g/mol. The van der Waals surface area contributed by atoms with Crippen molar-refractivity contribution in [1.82, 2.24) is 10.2 Å². The molecule has 1 fully saturated rings. The van der Waals surface area contributed by atoms with Gasteiger partial charge in [-0.2, -0.15) is 13.2 Å². The molecule has 0 spiro atoms. The summed E-state index contributed by atoms with van der Waals surface area (Å²) in [5, 5.41) is 2.73. The lowest BCUT2D eigenvalue weighted by Crippen LogP contribution is -2.62. The van der Waals surface area contributed by atoms with Crippen molar-refractivity contribution in [3.63, 3.8) is 0 Å². The molecule has 0 saturated carbocycles. The summed E-state index contributed by atoms with van der Waals surface area (Å²) in [7, 11) is 0. The Balaban J connectivity index is 1.91. The highest BCUT2D eigenvalue weighted by Gasteiger charge is 2.42. The average Bonchev–Trinajstić information content (AvgIpc) is 2.49. The summed E-state index contributed by atoms with van der Waals surface area (Å²) in [4.78, 5) is 2.27. The van der Waals surface area contributed by atoms with Crippen molar-refractivity contribution < 1.29 is 13.2 Å². The number of likely N-dealkylation sites (tertiary alicyclic amines) is 1. The van der Waals surface area contributed by atoms with E-state index in [0.717, 1.165) is 26.6 Å². The second-order valence-electron chi connectivity index (χ2n) is 6.15. The molecule has 1 aliphatic heterocycles. The first-order valence-electron chi connectivity index (χ1n) is 7.65. The van der Waals surface area contributed by atoms with E-state index >= 15 is 0 Å². The minimum Gasteiger partial charge on any atom is -0.329 e. The van der Waals surface area contributed by atoms with Gasteiger partial charge in [0.2, 0.25) is 0 Å². The molecule has 0 amide bonds. The molecule has 3 N–H and O–H groups in total. The number of nitrogens with two attached hydrogens (primary N) is 1. The van der Waals surface area contributed by atoms with Crippen LogP contribution in [0.2, 0.25) is 0 Å². The monoisotopic (exact) mass is 315 g/mol. The summed E-state index contributed by atoms with van der Waals surface area (Å²) in [6.07, 6.45) is -2.96. The van der Waals surface area contributed by atoms with Crippen LogP contribution in [-0.2, 0) is 6.54 Å². The number of piperidine rings is 1. The van der Waals surface area contributed by atoms with Gasteiger partial charge in [-0.1, -0.05) is 30.3 Å². The molecule has 1 unspecified atom stereocenters. The van der Waals surface area contributed by atoms with E-state index in [0.29, 0.717) is 12.8 Å². The van der Waals surface area contributed by atoms with E-state index < -0.39 is 17.8 Å². The maximum Gasteiger partial charge on any atom is 0.403 e. The first-order valence-corrected chi connectivity index (χ1v) is 7.65. The second-order valence-corrected chi connectivity index (χ2v) is 6.15. The molecule has 2 rings (SSSR count). The topological polar surface area (TPSA) is 41.3 Å². The molecule has 0 bridgehead atoms. The van der Waals surface area contributed by atoms with Crippen LogP contribution in [0.3, 0.4) is 0 Å². The van der Waals surface area contributed by atoms with Crippen LogP contribution in [0.1, 0.15) is 25.3 Å². The van der Waals surface area contributed by atoms with Crippen LogP contribution in [0.4, 0.5) is 13.2 Å². The third kappa shape index (κ3) is 4.44. The highest BCUT2D eigenvalue weighted by molar-refractivity contribution is 5.14. The van der Waals surface area contributed by atoms with Crippen LogP contribution in [0.25, 0.3) is 0 Å². The van der Waals surface area contributed by atoms with Gasteiger partial charge in [0.1, 0.15) is 6.04 Å². The lowest BCUT2D eigenvalue weighted by molar-refractivity contribution is -0.157. The molecule has 1 heterocycles. The summed E-state index contributed by atoms with van der Waals surface area (Å²) in [6, 6.07) is 8.56. The number of nitrogens with zero attached hydrogens (tertiary/aromatic N) is 1. The Morgan fingerprint density at radius 3 is 2.32 bits per heavy atom. The molecule has 6 heteroatoms. The lowest BCUT2D eigenvalue weighted by atomic mass is 9.86. The van der Waals surface area contributed by atoms with Gasteiger partial charge in [0.25, 0.3) is 0 Å². The van der Waals surface area contributed by atoms with Crippen molar-refractivity contribution in [3.05, 3.63) is 35.9 Å². The largest absolute Gasteiger partial charge is 0.403 e. The fourth-order valence-corrected chi connectivity index (χ4v) is 2.93. The van der Waals surface area contributed by atoms with Gasteiger partial charge in [0.15, 0.2) is 0 Å². The van der Waals surface area contributed by atoms with E-state index in [1.165, 1.54) is 5.56 Å². The van der Waals surface area contributed by atoms with E-state index in [2.05, 4.69) is 22.3 Å². The third-order valence-corrected chi connectivity index (χ3v) is 4.47. The maximum absolute atomic E-state index is 12.8. The predicted octanol–water partition coefficient (Wildman–Crippen LogP) is 2.52. The number of rotatable bonds is 5. The molecule has 0 aromatic heterocycles. The summed E-state index contributed by atoms with van der Waals surface area (Å²) in [5.74, 6) is 0. The fraction of sp³-hybridized carbons (Fsp3) is 0.625. The first kappa shape index (κ1) is 17.2. The SMILES string of the molecule is CC(NC1(CN)CCN(Cc2ccccc2)CC1)C(F)(F)F. The van der Waals surface area contributed by atoms with Gasteiger partial charge in [0.05, 0.1) is 0 Å². The van der Waals surface area contributed by atoms with Crippen molar-refractivity contribution in [3.8, 4) is 0 Å². The highest BCUT2D eigenvalue weighted by atomic mass is 19.4. The molecule has 1 aromatic carbocycles. The third-order valence-electron chi connectivity index (χ3n) is 4.47. The number of hydrogen-bond acceptors (Lipinski definition) is 3. The van der Waals surface area contributed by atoms with Crippen molar-refractivity contribution in [2.24, 2.45) is 5.73 Å². The van der Waals surface area contributed by atoms with Crippen LogP contribution in [0.15, 0.2) is 30.3 Å². The van der Waals surface area contributed by atoms with Crippen molar-refractivity contribution in [2.45, 2.75) is 44.1 Å². The molecule has 1 aromatic rings. The van der Waals surface area contributed by atoms with E-state index in [4.69, 9.17) is 5.73 Å². The summed E-state index contributed by atoms with van der Waals surface area (Å²) < 4.78 is 38.3. The normalized spacial score (nSPS) is 20.8. The molecule has 22 heavy (non-hydrogen) atoms. The van der Waals surface area contributed by atoms with Gasteiger partial charge < -0.3 is 5.73 Å². The molecule has 1 saturated heterocycles. The van der Waals surface area contributed by atoms with Gasteiger partial charge in [-0.3, -0.25) is 10.2 Å². The Labute approximate surface area is 129 Å². The minimum absolute atomic E-state index is 0.229. The second kappa shape index (κ2) is 6.98. The van der Waals surface area contributed by atoms with Gasteiger partial charge in [-0.25, -0.2) is 0 Å². The summed E-state index contributed by atoms with van der Waals surface area (Å²) >= 11 is 0. The van der Waals surface area contributed by atoms with Crippen molar-refractivity contribution in [1.29, 1.82) is 0 Å². The number of halogens is 3. The van der Waals surface area contributed by atoms with Crippen LogP contribution >= 0.6 is 0 Å². The van der Waals surface area contributed by atoms with Crippen molar-refractivity contribution in [2.75, 3.05) is 19.6 Å². The van der Waals surface area contributed by atoms with E-state index in [1.807, 2.05) is 18.2 Å². The van der Waals surface area contributed by atoms with E-state index in [9.17, 15) is 13.2 Å². The Morgan fingerprint density at radius 2 is 1.82 bits per heavy atom. The Morgan fingerprint density at radius 1 is 1.23 bits per heavy atom. The molecule has 0 aliphatic carbocycles. The molecule has 1 atom stereocenters. The molecule has 1 aliphatic rings. The molecule has 0 radical (unpaired) electrons. The Bertz CT molecular complexity index is 453. The van der Waals surface area contributed by atoms with E-state index in [-0.39, 0.29) is 6.54 Å². The smallest absolute Gasteiger partial charge is 0.329 e. The van der Waals surface area contributed by atoms with Gasteiger partial charge >= 0.3 is 6.18 Å². The number of hydrogen-bond donors (Lipinski definition) is 2. The number of nitrogens with one attached hydrogen (secondary N) is 1. The van der Waals surface area contributed by atoms with E-state index in [1.54, 1.807) is 0 Å². The zero-order valence-electron chi connectivity index (χ0n) is 12.9. The number of alkyl halides is 3. The molecule has 124 valence electrons. The van der Waals surface area contributed by atoms with Crippen LogP contribution in [-0.4, -0.2) is 42.3 Å². The van der Waals surface area contributed by atoms with Crippen LogP contribution in [0.5, 0.6) is 0 Å². The maximum atomic E-state index is 12.8. The molecular formula is C16H24F3N3. The standard InChI is InChI=1S/C16H24F3N3/c1-13(16(17,18)19)21-15(12-20)7-9-22(10-8-15)11-14-5-3-2-4-6-14/h2-6,13,21H,7-12,20H2,1H3. The van der Waals surface area contributed by atoms with Gasteiger partial charge in [-0.15, -0.1) is 0 Å². The van der Waals surface area contributed by atoms with Gasteiger partial charge in [-0.05, 0) is 25.3 Å². The zero-order chi connectivity index (χ0) is 16.2.